The molecule has 2 amide bonds. The van der Waals surface area contributed by atoms with Gasteiger partial charge in [0.25, 0.3) is 0 Å². The third kappa shape index (κ3) is 4.54. The summed E-state index contributed by atoms with van der Waals surface area (Å²) in [5.41, 5.74) is 7.56. The summed E-state index contributed by atoms with van der Waals surface area (Å²) in [6.45, 7) is 4.45. The molecule has 2 aromatic rings. The van der Waals surface area contributed by atoms with Crippen molar-refractivity contribution in [3.05, 3.63) is 45.9 Å². The molecule has 21 heavy (non-hydrogen) atoms. The normalized spacial score (nSPS) is 12.0. The summed E-state index contributed by atoms with van der Waals surface area (Å²) in [5, 5.41) is 6.49. The minimum Gasteiger partial charge on any atom is -0.331 e. The van der Waals surface area contributed by atoms with E-state index >= 15 is 0 Å². The molecule has 112 valence electrons. The second kappa shape index (κ2) is 7.19. The van der Waals surface area contributed by atoms with Crippen LogP contribution >= 0.6 is 11.3 Å². The van der Waals surface area contributed by atoms with E-state index in [1.165, 1.54) is 4.88 Å². The van der Waals surface area contributed by atoms with E-state index in [-0.39, 0.29) is 12.1 Å². The third-order valence-corrected chi connectivity index (χ3v) is 4.19. The molecular formula is C15H20N4OS. The third-order valence-electron chi connectivity index (χ3n) is 3.04. The number of aryl methyl sites for hydroxylation is 1. The van der Waals surface area contributed by atoms with Gasteiger partial charge in [0, 0.05) is 22.8 Å². The summed E-state index contributed by atoms with van der Waals surface area (Å²) in [4.78, 5) is 17.3. The number of nitrogens with two attached hydrogens (primary N) is 1. The number of benzene rings is 1. The van der Waals surface area contributed by atoms with Gasteiger partial charge in [0.05, 0.1) is 6.54 Å². The minimum absolute atomic E-state index is 0.00876. The Bertz CT molecular complexity index is 592. The van der Waals surface area contributed by atoms with Gasteiger partial charge in [-0.3, -0.25) is 0 Å². The average molecular weight is 304 g/mol. The highest BCUT2D eigenvalue weighted by Gasteiger charge is 2.05. The Morgan fingerprint density at radius 3 is 2.67 bits per heavy atom. The van der Waals surface area contributed by atoms with E-state index in [0.29, 0.717) is 6.54 Å². The standard InChI is InChI=1S/C15H20N4OS/c1-3-13-8-17-14(21-13)9-18-15(20)19-12-6-4-11(5-7-12)10(2)16/h4-8,10H,3,9,16H2,1-2H3,(H2,18,19,20). The van der Waals surface area contributed by atoms with Crippen molar-refractivity contribution in [1.82, 2.24) is 10.3 Å². The highest BCUT2D eigenvalue weighted by atomic mass is 32.1. The predicted molar refractivity (Wildman–Crippen MR) is 86.4 cm³/mol. The van der Waals surface area contributed by atoms with Gasteiger partial charge in [-0.1, -0.05) is 19.1 Å². The first-order chi connectivity index (χ1) is 10.1. The highest BCUT2D eigenvalue weighted by Crippen LogP contribution is 2.15. The second-order valence-corrected chi connectivity index (χ2v) is 5.99. The molecule has 1 aromatic carbocycles. The van der Waals surface area contributed by atoms with Crippen molar-refractivity contribution in [2.75, 3.05) is 5.32 Å². The van der Waals surface area contributed by atoms with Crippen LogP contribution in [0.1, 0.15) is 35.3 Å². The Balaban J connectivity index is 1.83. The maximum absolute atomic E-state index is 11.8. The van der Waals surface area contributed by atoms with Gasteiger partial charge < -0.3 is 16.4 Å². The number of aromatic nitrogens is 1. The van der Waals surface area contributed by atoms with Crippen LogP contribution in [0.4, 0.5) is 10.5 Å². The summed E-state index contributed by atoms with van der Waals surface area (Å²) in [5.74, 6) is 0. The molecule has 0 saturated carbocycles. The fourth-order valence-corrected chi connectivity index (χ4v) is 2.60. The molecular weight excluding hydrogens is 284 g/mol. The first-order valence-electron chi connectivity index (χ1n) is 6.92. The Morgan fingerprint density at radius 2 is 2.10 bits per heavy atom. The van der Waals surface area contributed by atoms with E-state index in [4.69, 9.17) is 5.73 Å². The number of amides is 2. The van der Waals surface area contributed by atoms with Gasteiger partial charge in [0.15, 0.2) is 0 Å². The molecule has 1 aromatic heterocycles. The maximum atomic E-state index is 11.8. The van der Waals surface area contributed by atoms with Crippen molar-refractivity contribution in [3.63, 3.8) is 0 Å². The Morgan fingerprint density at radius 1 is 1.38 bits per heavy atom. The molecule has 2 rings (SSSR count). The van der Waals surface area contributed by atoms with Crippen LogP contribution in [-0.4, -0.2) is 11.0 Å². The van der Waals surface area contributed by atoms with Gasteiger partial charge in [-0.15, -0.1) is 11.3 Å². The van der Waals surface area contributed by atoms with Gasteiger partial charge in [-0.25, -0.2) is 9.78 Å². The molecule has 1 atom stereocenters. The van der Waals surface area contributed by atoms with Crippen molar-refractivity contribution in [3.8, 4) is 0 Å². The van der Waals surface area contributed by atoms with Gasteiger partial charge in [0.1, 0.15) is 5.01 Å². The zero-order chi connectivity index (χ0) is 15.2. The van der Waals surface area contributed by atoms with Crippen molar-refractivity contribution in [2.24, 2.45) is 5.73 Å². The number of nitrogens with zero attached hydrogens (tertiary/aromatic N) is 1. The minimum atomic E-state index is -0.239. The average Bonchev–Trinajstić information content (AvgIpc) is 2.94. The lowest BCUT2D eigenvalue weighted by Crippen LogP contribution is -2.28. The van der Waals surface area contributed by atoms with E-state index in [1.807, 2.05) is 37.4 Å². The molecule has 0 aliphatic carbocycles. The highest BCUT2D eigenvalue weighted by molar-refractivity contribution is 7.11. The Kier molecular flexibility index (Phi) is 5.30. The summed E-state index contributed by atoms with van der Waals surface area (Å²) in [6.07, 6.45) is 2.82. The summed E-state index contributed by atoms with van der Waals surface area (Å²) in [7, 11) is 0. The zero-order valence-electron chi connectivity index (χ0n) is 12.2. The molecule has 0 radical (unpaired) electrons. The monoisotopic (exact) mass is 304 g/mol. The van der Waals surface area contributed by atoms with Crippen LogP contribution < -0.4 is 16.4 Å². The van der Waals surface area contributed by atoms with E-state index in [0.717, 1.165) is 22.7 Å². The summed E-state index contributed by atoms with van der Waals surface area (Å²) >= 11 is 1.62. The molecule has 0 spiro atoms. The molecule has 0 aliphatic rings. The number of carbonyl (C=O) groups excluding carboxylic acids is 1. The number of hydrogen-bond donors (Lipinski definition) is 3. The number of carbonyl (C=O) groups is 1. The first-order valence-corrected chi connectivity index (χ1v) is 7.74. The van der Waals surface area contributed by atoms with Crippen molar-refractivity contribution < 1.29 is 4.79 Å². The number of rotatable bonds is 5. The number of nitrogens with one attached hydrogen (secondary N) is 2. The molecule has 0 saturated heterocycles. The van der Waals surface area contributed by atoms with Crippen molar-refractivity contribution in [2.45, 2.75) is 32.9 Å². The maximum Gasteiger partial charge on any atom is 0.319 e. The zero-order valence-corrected chi connectivity index (χ0v) is 13.0. The molecule has 6 heteroatoms. The Hall–Kier alpha value is -1.92. The second-order valence-electron chi connectivity index (χ2n) is 4.79. The SMILES string of the molecule is CCc1cnc(CNC(=O)Nc2ccc(C(C)N)cc2)s1. The van der Waals surface area contributed by atoms with Gasteiger partial charge in [-0.2, -0.15) is 0 Å². The first kappa shape index (κ1) is 15.5. The van der Waals surface area contributed by atoms with Gasteiger partial charge >= 0.3 is 6.03 Å². The molecule has 0 bridgehead atoms. The van der Waals surface area contributed by atoms with Crippen LogP contribution in [0.15, 0.2) is 30.5 Å². The molecule has 0 aliphatic heterocycles. The van der Waals surface area contributed by atoms with Crippen LogP contribution in [0, 0.1) is 0 Å². The predicted octanol–water partition coefficient (Wildman–Crippen LogP) is 3.05. The summed E-state index contributed by atoms with van der Waals surface area (Å²) in [6, 6.07) is 7.26. The quantitative estimate of drug-likeness (QED) is 0.794. The fourth-order valence-electron chi connectivity index (χ4n) is 1.79. The van der Waals surface area contributed by atoms with Crippen LogP contribution in [0.5, 0.6) is 0 Å². The molecule has 4 N–H and O–H groups in total. The van der Waals surface area contributed by atoms with E-state index in [1.54, 1.807) is 11.3 Å². The van der Waals surface area contributed by atoms with Gasteiger partial charge in [-0.05, 0) is 31.0 Å². The van der Waals surface area contributed by atoms with Gasteiger partial charge in [0.2, 0.25) is 0 Å². The lowest BCUT2D eigenvalue weighted by Gasteiger charge is -2.09. The summed E-state index contributed by atoms with van der Waals surface area (Å²) < 4.78 is 0. The number of hydrogen-bond acceptors (Lipinski definition) is 4. The van der Waals surface area contributed by atoms with Crippen LogP contribution in [0.25, 0.3) is 0 Å². The molecule has 1 heterocycles. The molecule has 5 nitrogen and oxygen atoms in total. The van der Waals surface area contributed by atoms with E-state index < -0.39 is 0 Å². The Labute approximate surface area is 128 Å². The van der Waals surface area contributed by atoms with Crippen LogP contribution in [0.3, 0.4) is 0 Å². The number of thiazole rings is 1. The van der Waals surface area contributed by atoms with Crippen LogP contribution in [-0.2, 0) is 13.0 Å². The molecule has 0 fully saturated rings. The van der Waals surface area contributed by atoms with Crippen molar-refractivity contribution in [1.29, 1.82) is 0 Å². The number of urea groups is 1. The fraction of sp³-hybridized carbons (Fsp3) is 0.333. The lowest BCUT2D eigenvalue weighted by molar-refractivity contribution is 0.251. The van der Waals surface area contributed by atoms with Crippen LogP contribution in [0.2, 0.25) is 0 Å². The molecule has 1 unspecified atom stereocenters. The smallest absolute Gasteiger partial charge is 0.319 e. The van der Waals surface area contributed by atoms with Crippen molar-refractivity contribution >= 4 is 23.1 Å². The lowest BCUT2D eigenvalue weighted by atomic mass is 10.1. The topological polar surface area (TPSA) is 80.0 Å². The number of anilines is 1. The van der Waals surface area contributed by atoms with E-state index in [2.05, 4.69) is 22.5 Å². The van der Waals surface area contributed by atoms with E-state index in [9.17, 15) is 4.79 Å². The largest absolute Gasteiger partial charge is 0.331 e.